The molecule has 17 aromatic heterocycles. The zero-order valence-electron chi connectivity index (χ0n) is 68.0. The molecule has 2 aliphatic rings. The maximum absolute atomic E-state index is 12.2. The molecule has 0 aliphatic heterocycles. The Balaban J connectivity index is 0.000000256. The van der Waals surface area contributed by atoms with Gasteiger partial charge in [0, 0.05) is 157 Å². The number of aromatic nitrogens is 29. The fourth-order valence-electron chi connectivity index (χ4n) is 12.3. The van der Waals surface area contributed by atoms with Crippen LogP contribution in [0.4, 0.5) is 13.2 Å². The van der Waals surface area contributed by atoms with Crippen molar-refractivity contribution in [3.8, 4) is 91.4 Å². The van der Waals surface area contributed by atoms with E-state index in [0.29, 0.717) is 34.9 Å². The average Bonchev–Trinajstić information content (AvgIpc) is 1.52. The van der Waals surface area contributed by atoms with E-state index >= 15 is 0 Å². The van der Waals surface area contributed by atoms with Crippen LogP contribution in [-0.2, 0) is 112 Å². The summed E-state index contributed by atoms with van der Waals surface area (Å²) in [6.45, 7) is 18.4. The number of carboxylic acid groups (broad SMARTS) is 1. The van der Waals surface area contributed by atoms with Crippen LogP contribution in [0.15, 0.2) is 250 Å². The van der Waals surface area contributed by atoms with Crippen molar-refractivity contribution in [2.45, 2.75) is 108 Å². The Labute approximate surface area is 810 Å². The first-order chi connectivity index (χ1) is 59.0. The van der Waals surface area contributed by atoms with Gasteiger partial charge in [-0.2, -0.15) is 13.2 Å². The van der Waals surface area contributed by atoms with Crippen molar-refractivity contribution < 1.29 is 124 Å². The van der Waals surface area contributed by atoms with E-state index in [1.54, 1.807) is 106 Å². The number of carbonyl (C=O) groups is 1. The van der Waals surface area contributed by atoms with Crippen molar-refractivity contribution in [2.75, 3.05) is 0 Å². The molecule has 2 unspecified atom stereocenters. The predicted molar refractivity (Wildman–Crippen MR) is 458 cm³/mol. The third-order valence-corrected chi connectivity index (χ3v) is 18.4. The van der Waals surface area contributed by atoms with Crippen LogP contribution in [0.1, 0.15) is 116 Å². The Morgan fingerprint density at radius 3 is 1.14 bits per heavy atom. The molecule has 0 saturated heterocycles. The summed E-state index contributed by atoms with van der Waals surface area (Å²) < 4.78 is 36.6. The molecule has 0 radical (unpaired) electrons. The van der Waals surface area contributed by atoms with Crippen molar-refractivity contribution >= 4 is 35.6 Å². The third kappa shape index (κ3) is 29.8. The Bertz CT molecular complexity index is 5590. The molecule has 0 amide bonds. The molecular formula is C87H82Cl2F3N29O2Pt5-2. The molecule has 20 rings (SSSR count). The summed E-state index contributed by atoms with van der Waals surface area (Å²) >= 11 is -0.472. The van der Waals surface area contributed by atoms with Crippen molar-refractivity contribution in [3.63, 3.8) is 0 Å². The molecule has 17 heterocycles. The number of alkyl halides is 3. The maximum atomic E-state index is 12.2. The second-order valence-corrected chi connectivity index (χ2v) is 30.4. The zero-order valence-corrected chi connectivity index (χ0v) is 80.8. The quantitative estimate of drug-likeness (QED) is 0.140. The van der Waals surface area contributed by atoms with Gasteiger partial charge in [-0.25, -0.2) is 9.78 Å². The van der Waals surface area contributed by atoms with Crippen molar-refractivity contribution in [1.29, 1.82) is 0 Å². The Morgan fingerprint density at radius 1 is 0.430 bits per heavy atom. The van der Waals surface area contributed by atoms with E-state index < -0.39 is 34.3 Å². The molecule has 128 heavy (non-hydrogen) atoms. The molecule has 0 spiro atoms. The molecule has 1 saturated carbocycles. The first-order valence-electron chi connectivity index (χ1n) is 37.1. The summed E-state index contributed by atoms with van der Waals surface area (Å²) in [7, 11) is 9.75. The molecule has 18 aromatic rings. The molecular weight excluding hydrogens is 2590 g/mol. The van der Waals surface area contributed by atoms with Crippen LogP contribution >= 0.6 is 18.8 Å². The van der Waals surface area contributed by atoms with Crippen LogP contribution in [0.5, 0.6) is 0 Å². The van der Waals surface area contributed by atoms with Gasteiger partial charge in [0.1, 0.15) is 11.4 Å². The molecule has 2 aliphatic carbocycles. The van der Waals surface area contributed by atoms with Gasteiger partial charge in [-0.15, -0.1) is 0 Å². The van der Waals surface area contributed by atoms with E-state index in [-0.39, 0.29) is 121 Å². The predicted octanol–water partition coefficient (Wildman–Crippen LogP) is 16.0. The Morgan fingerprint density at radius 2 is 0.805 bits per heavy atom. The van der Waals surface area contributed by atoms with Crippen molar-refractivity contribution in [3.05, 3.63) is 307 Å². The topological polar surface area (TPSA) is 421 Å². The van der Waals surface area contributed by atoms with Crippen LogP contribution in [0.3, 0.4) is 0 Å². The van der Waals surface area contributed by atoms with Gasteiger partial charge in [-0.1, -0.05) is 155 Å². The number of carboxylic acids is 1. The molecule has 41 heteroatoms. The largest absolute Gasteiger partial charge is 2.00 e. The minimum Gasteiger partial charge on any atom is 0 e. The average molecular weight is 2670 g/mol. The fourth-order valence-corrected chi connectivity index (χ4v) is 12.3. The summed E-state index contributed by atoms with van der Waals surface area (Å²) in [5.74, 6) is 2.09. The number of rotatable bonds is 9. The monoisotopic (exact) mass is 2670 g/mol. The number of aryl methyl sites for hydroxylation is 6. The molecule has 1 aromatic carbocycles. The van der Waals surface area contributed by atoms with Crippen molar-refractivity contribution in [2.24, 2.45) is 5.41 Å². The second-order valence-electron chi connectivity index (χ2n) is 27.1. The van der Waals surface area contributed by atoms with Gasteiger partial charge in [-0.05, 0) is 173 Å². The SMILES string of the molecule is C.C.CC12CCC(c3c1n[n-]c3-c1nccc3ccccc13)C2(C)C.Cc1cc(-c2ccccn2)[n-]n1.Cc1cc(-c2ccccn2)[n-]n1.Cc1cc(-c2cnccn2)[n-]n1.Cc1cc(-c2cnccn2)[n-]n1.Cc1n[n-]c(-c2ccccn2)n1.Cc1n[n-]c(-c2ccccn2)n1.FC(F)(F)c1cc(-c2ccccn2)[n-]n1.O=C(O)c1ccccn1.[Cl][Pt][Cl].[Pt+2].[Pt+2].[Pt+2].[Pt]. The first kappa shape index (κ1) is 107. The van der Waals surface area contributed by atoms with E-state index in [4.69, 9.17) is 23.9 Å². The van der Waals surface area contributed by atoms with Gasteiger partial charge in [0.25, 0.3) is 0 Å². The van der Waals surface area contributed by atoms with Crippen LogP contribution in [0.2, 0.25) is 0 Å². The van der Waals surface area contributed by atoms with Gasteiger partial charge in [0.05, 0.1) is 40.9 Å². The summed E-state index contributed by atoms with van der Waals surface area (Å²) in [5.41, 5.74) is 16.3. The number of benzene rings is 1. The van der Waals surface area contributed by atoms with E-state index in [2.05, 4.69) is 197 Å². The molecule has 1 fully saturated rings. The van der Waals surface area contributed by atoms with E-state index in [1.165, 1.54) is 53.3 Å². The molecule has 1 N–H and O–H groups in total. The molecule has 2 bridgehead atoms. The number of hydrogen-bond acceptors (Lipinski definition) is 22. The summed E-state index contributed by atoms with van der Waals surface area (Å²) in [6.07, 6.45) is 19.6. The van der Waals surface area contributed by atoms with Crippen LogP contribution in [0, 0.1) is 47.0 Å². The number of nitrogens with zero attached hydrogens (tertiary/aromatic N) is 29. The van der Waals surface area contributed by atoms with Crippen LogP contribution in [-0.4, -0.2) is 117 Å². The van der Waals surface area contributed by atoms with E-state index in [9.17, 15) is 18.0 Å². The Hall–Kier alpha value is -11.5. The number of hydrogen-bond donors (Lipinski definition) is 1. The number of aromatic carboxylic acids is 1. The minimum atomic E-state index is -4.46. The summed E-state index contributed by atoms with van der Waals surface area (Å²) in [4.78, 5) is 63.1. The van der Waals surface area contributed by atoms with E-state index in [0.717, 1.165) is 97.2 Å². The number of halogens is 5. The van der Waals surface area contributed by atoms with Gasteiger partial charge >= 0.3 is 111 Å². The Kier molecular flexibility index (Phi) is 44.1. The molecule has 674 valence electrons. The third-order valence-electron chi connectivity index (χ3n) is 18.4. The van der Waals surface area contributed by atoms with Gasteiger partial charge in [0.15, 0.2) is 0 Å². The maximum Gasteiger partial charge on any atom is 2.00 e. The standard InChI is InChI=1S/C20H20N3.C9H5F3N3.2C9H8N3.4C8H7N4.C6H5NO2.2CH4.2ClH.5Pt/c1-19(2)14-8-10-20(19,3)18-15(14)17(22-23-18)16-13-7-5-4-6-12(13)9-11-21-16;10-9(11,12)8-5-7(14-15-8)6-3-1-2-4-13-6;2*1-7-6-9(12-11-7)8-4-2-3-5-10-8;2*1-6-4-7(12-11-6)8-5-9-2-3-10-8;2*1-6-10-8(12-11-6)7-4-2-3-5-9-7;8-6(9)5-3-1-2-4-7-5;;;;;;;;;/h4-7,9,11,14H,8,10H2,1-3H3;1-5H;2*2-6H,1H3;4*2-5H,1H3;1-4H,(H,8,9);2*1H4;2*1H;;;;;/q8*-1;;;;;;;4*+2/p-2. The smallest absolute Gasteiger partial charge is 0 e. The minimum absolute atomic E-state index is 0. The zero-order chi connectivity index (χ0) is 86.4. The number of fused-ring (bicyclic) bond motifs is 6. The van der Waals surface area contributed by atoms with Crippen molar-refractivity contribution in [1.82, 2.24) is 146 Å². The fraction of sp³-hybridized carbons (Fsp3) is 0.195. The summed E-state index contributed by atoms with van der Waals surface area (Å²) in [6, 6.07) is 51.3. The van der Waals surface area contributed by atoms with Gasteiger partial charge in [-0.3, -0.25) is 60.0 Å². The second kappa shape index (κ2) is 52.7. The normalized spacial score (nSPS) is 12.8. The van der Waals surface area contributed by atoms with Crippen LogP contribution in [0.25, 0.3) is 102 Å². The van der Waals surface area contributed by atoms with E-state index in [1.807, 2.05) is 131 Å². The number of pyridine rings is 7. The first-order valence-corrected chi connectivity index (χ1v) is 42.7. The molecule has 31 nitrogen and oxygen atoms in total. The molecule has 2 atom stereocenters. The summed E-state index contributed by atoms with van der Waals surface area (Å²) in [5, 5.41) is 73.1. The van der Waals surface area contributed by atoms with Crippen LogP contribution < -0.4 is 40.8 Å². The van der Waals surface area contributed by atoms with Gasteiger partial charge in [0.2, 0.25) is 0 Å². The van der Waals surface area contributed by atoms with Gasteiger partial charge < -0.3 is 86.5 Å².